The summed E-state index contributed by atoms with van der Waals surface area (Å²) >= 11 is 1.80. The van der Waals surface area contributed by atoms with Crippen molar-refractivity contribution in [3.63, 3.8) is 0 Å². The molecule has 0 atom stereocenters. The summed E-state index contributed by atoms with van der Waals surface area (Å²) < 4.78 is 0. The molecule has 3 aromatic carbocycles. The number of aliphatic hydroxyl groups is 1. The van der Waals surface area contributed by atoms with E-state index in [-0.39, 0.29) is 6.61 Å². The van der Waals surface area contributed by atoms with Crippen molar-refractivity contribution in [2.24, 2.45) is 0 Å². The van der Waals surface area contributed by atoms with E-state index in [0.29, 0.717) is 0 Å². The minimum Gasteiger partial charge on any atom is -0.392 e. The van der Waals surface area contributed by atoms with Crippen molar-refractivity contribution >= 4 is 28.8 Å². The Morgan fingerprint density at radius 2 is 1.41 bits per heavy atom. The van der Waals surface area contributed by atoms with Crippen LogP contribution in [0.3, 0.4) is 0 Å². The fourth-order valence-electron chi connectivity index (χ4n) is 2.78. The molecule has 3 aromatic rings. The maximum atomic E-state index is 9.43. The highest BCUT2D eigenvalue weighted by Gasteiger charge is 2.23. The van der Waals surface area contributed by atoms with Crippen LogP contribution in [0.2, 0.25) is 0 Å². The predicted molar refractivity (Wildman–Crippen MR) is 91.2 cm³/mol. The molecule has 0 bridgehead atoms. The minimum absolute atomic E-state index is 0.0553. The molecule has 3 heteroatoms. The highest BCUT2D eigenvalue weighted by Crippen LogP contribution is 2.51. The molecule has 1 aliphatic heterocycles. The Morgan fingerprint density at radius 1 is 0.773 bits per heavy atom. The van der Waals surface area contributed by atoms with Crippen molar-refractivity contribution in [3.8, 4) is 0 Å². The summed E-state index contributed by atoms with van der Waals surface area (Å²) in [6.45, 7) is 0.0553. The van der Waals surface area contributed by atoms with Crippen LogP contribution in [0.1, 0.15) is 5.56 Å². The van der Waals surface area contributed by atoms with Crippen molar-refractivity contribution in [1.29, 1.82) is 0 Å². The fourth-order valence-corrected chi connectivity index (χ4v) is 3.83. The van der Waals surface area contributed by atoms with E-state index in [2.05, 4.69) is 59.5 Å². The molecule has 0 aromatic heterocycles. The van der Waals surface area contributed by atoms with Crippen LogP contribution in [0.15, 0.2) is 82.6 Å². The zero-order valence-corrected chi connectivity index (χ0v) is 12.8. The molecule has 0 saturated heterocycles. The summed E-state index contributed by atoms with van der Waals surface area (Å²) in [5.74, 6) is 0. The van der Waals surface area contributed by atoms with Crippen LogP contribution in [-0.2, 0) is 6.61 Å². The average Bonchev–Trinajstić information content (AvgIpc) is 2.59. The lowest BCUT2D eigenvalue weighted by atomic mass is 10.1. The molecule has 22 heavy (non-hydrogen) atoms. The van der Waals surface area contributed by atoms with Gasteiger partial charge < -0.3 is 10.0 Å². The van der Waals surface area contributed by atoms with Gasteiger partial charge in [0.1, 0.15) is 0 Å². The van der Waals surface area contributed by atoms with Crippen molar-refractivity contribution in [1.82, 2.24) is 0 Å². The van der Waals surface area contributed by atoms with Gasteiger partial charge in [0.25, 0.3) is 0 Å². The van der Waals surface area contributed by atoms with Crippen molar-refractivity contribution in [3.05, 3.63) is 78.4 Å². The second-order valence-corrected chi connectivity index (χ2v) is 6.28. The lowest BCUT2D eigenvalue weighted by molar-refractivity contribution is 0.282. The summed E-state index contributed by atoms with van der Waals surface area (Å²) in [6, 6.07) is 24.9. The lowest BCUT2D eigenvalue weighted by Gasteiger charge is -2.33. The maximum absolute atomic E-state index is 9.43. The van der Waals surface area contributed by atoms with Gasteiger partial charge in [0.2, 0.25) is 0 Å². The van der Waals surface area contributed by atoms with Gasteiger partial charge in [-0.25, -0.2) is 0 Å². The largest absolute Gasteiger partial charge is 0.392 e. The van der Waals surface area contributed by atoms with Crippen LogP contribution in [-0.4, -0.2) is 5.11 Å². The summed E-state index contributed by atoms with van der Waals surface area (Å²) in [7, 11) is 0. The van der Waals surface area contributed by atoms with Crippen LogP contribution < -0.4 is 4.90 Å². The first-order valence-electron chi connectivity index (χ1n) is 7.22. The normalized spacial score (nSPS) is 12.7. The molecular formula is C19H15NOS. The fraction of sp³-hybridized carbons (Fsp3) is 0.0526. The number of hydrogen-bond acceptors (Lipinski definition) is 3. The number of fused-ring (bicyclic) bond motifs is 2. The number of para-hydroxylation sites is 2. The SMILES string of the molecule is OCc1cccc(N2c3ccccc3Sc3ccccc32)c1. The van der Waals surface area contributed by atoms with Gasteiger partial charge >= 0.3 is 0 Å². The Balaban J connectivity index is 1.94. The third kappa shape index (κ3) is 2.19. The van der Waals surface area contributed by atoms with E-state index in [1.54, 1.807) is 11.8 Å². The maximum Gasteiger partial charge on any atom is 0.0682 e. The van der Waals surface area contributed by atoms with Gasteiger partial charge in [0, 0.05) is 15.5 Å². The van der Waals surface area contributed by atoms with E-state index in [1.807, 2.05) is 18.2 Å². The standard InChI is InChI=1S/C19H15NOS/c21-13-14-6-5-7-15(12-14)20-16-8-1-3-10-18(16)22-19-11-4-2-9-17(19)20/h1-12,21H,13H2. The van der Waals surface area contributed by atoms with E-state index in [0.717, 1.165) is 11.3 Å². The third-order valence-electron chi connectivity index (χ3n) is 3.78. The minimum atomic E-state index is 0.0553. The quantitative estimate of drug-likeness (QED) is 0.556. The first-order chi connectivity index (χ1) is 10.9. The van der Waals surface area contributed by atoms with Crippen LogP contribution >= 0.6 is 11.8 Å². The first-order valence-corrected chi connectivity index (χ1v) is 8.04. The molecule has 0 fully saturated rings. The molecule has 108 valence electrons. The van der Waals surface area contributed by atoms with E-state index in [9.17, 15) is 5.11 Å². The zero-order chi connectivity index (χ0) is 14.9. The Hall–Kier alpha value is -2.23. The van der Waals surface area contributed by atoms with Gasteiger partial charge in [0.05, 0.1) is 18.0 Å². The first kappa shape index (κ1) is 13.4. The molecule has 0 radical (unpaired) electrons. The molecule has 0 spiro atoms. The highest BCUT2D eigenvalue weighted by molar-refractivity contribution is 7.99. The summed E-state index contributed by atoms with van der Waals surface area (Å²) in [4.78, 5) is 4.76. The number of rotatable bonds is 2. The highest BCUT2D eigenvalue weighted by atomic mass is 32.2. The van der Waals surface area contributed by atoms with Gasteiger partial charge in [0.15, 0.2) is 0 Å². The van der Waals surface area contributed by atoms with E-state index >= 15 is 0 Å². The van der Waals surface area contributed by atoms with Crippen LogP contribution in [0.4, 0.5) is 17.1 Å². The third-order valence-corrected chi connectivity index (χ3v) is 4.91. The van der Waals surface area contributed by atoms with Crippen molar-refractivity contribution in [2.45, 2.75) is 16.4 Å². The number of anilines is 3. The summed E-state index contributed by atoms with van der Waals surface area (Å²) in [5.41, 5.74) is 4.36. The van der Waals surface area contributed by atoms with Gasteiger partial charge in [-0.15, -0.1) is 0 Å². The summed E-state index contributed by atoms with van der Waals surface area (Å²) in [5, 5.41) is 9.43. The van der Waals surface area contributed by atoms with E-state index in [1.165, 1.54) is 21.2 Å². The molecule has 1 N–H and O–H groups in total. The second kappa shape index (κ2) is 5.52. The molecule has 0 amide bonds. The van der Waals surface area contributed by atoms with Gasteiger partial charge in [-0.2, -0.15) is 0 Å². The van der Waals surface area contributed by atoms with Crippen LogP contribution in [0, 0.1) is 0 Å². The van der Waals surface area contributed by atoms with Gasteiger partial charge in [-0.1, -0.05) is 48.2 Å². The lowest BCUT2D eigenvalue weighted by Crippen LogP contribution is -2.14. The molecule has 4 rings (SSSR count). The smallest absolute Gasteiger partial charge is 0.0682 e. The Bertz CT molecular complexity index is 785. The Kier molecular flexibility index (Phi) is 3.37. The molecule has 1 heterocycles. The molecule has 0 saturated carbocycles. The monoisotopic (exact) mass is 305 g/mol. The number of aliphatic hydroxyl groups excluding tert-OH is 1. The second-order valence-electron chi connectivity index (χ2n) is 5.20. The predicted octanol–water partition coefficient (Wildman–Crippen LogP) is 5.11. The zero-order valence-electron chi connectivity index (χ0n) is 11.9. The molecule has 1 aliphatic rings. The molecular weight excluding hydrogens is 290 g/mol. The molecule has 0 unspecified atom stereocenters. The van der Waals surface area contributed by atoms with E-state index < -0.39 is 0 Å². The van der Waals surface area contributed by atoms with Gasteiger partial charge in [-0.05, 0) is 42.0 Å². The number of nitrogens with zero attached hydrogens (tertiary/aromatic N) is 1. The number of hydrogen-bond donors (Lipinski definition) is 1. The topological polar surface area (TPSA) is 23.5 Å². The number of benzene rings is 3. The van der Waals surface area contributed by atoms with Crippen molar-refractivity contribution in [2.75, 3.05) is 4.90 Å². The van der Waals surface area contributed by atoms with Crippen LogP contribution in [0.5, 0.6) is 0 Å². The van der Waals surface area contributed by atoms with E-state index in [4.69, 9.17) is 0 Å². The molecule has 2 nitrogen and oxygen atoms in total. The Morgan fingerprint density at radius 3 is 2.05 bits per heavy atom. The van der Waals surface area contributed by atoms with Gasteiger partial charge in [-0.3, -0.25) is 0 Å². The summed E-state index contributed by atoms with van der Waals surface area (Å²) in [6.07, 6.45) is 0. The van der Waals surface area contributed by atoms with Crippen LogP contribution in [0.25, 0.3) is 0 Å². The van der Waals surface area contributed by atoms with Crippen molar-refractivity contribution < 1.29 is 5.11 Å². The molecule has 0 aliphatic carbocycles. The Labute approximate surface area is 134 Å². The average molecular weight is 305 g/mol.